The van der Waals surface area contributed by atoms with Crippen LogP contribution in [0, 0.1) is 17.3 Å². The molecule has 1 N–H and O–H groups in total. The Balaban J connectivity index is 2.03. The van der Waals surface area contributed by atoms with E-state index in [1.807, 2.05) is 20.8 Å². The number of carbonyl (C=O) groups excluding carboxylic acids is 2. The van der Waals surface area contributed by atoms with E-state index in [2.05, 4.69) is 10.2 Å². The van der Waals surface area contributed by atoms with Crippen molar-refractivity contribution in [2.24, 2.45) is 17.3 Å². The van der Waals surface area contributed by atoms with Gasteiger partial charge in [-0.15, -0.1) is 0 Å². The zero-order chi connectivity index (χ0) is 15.6. The van der Waals surface area contributed by atoms with E-state index >= 15 is 0 Å². The number of ether oxygens (including phenoxy) is 1. The van der Waals surface area contributed by atoms with Crippen LogP contribution in [0.5, 0.6) is 0 Å². The lowest BCUT2D eigenvalue weighted by molar-refractivity contribution is -0.157. The molecular weight excluding hydrogens is 268 g/mol. The molecule has 5 nitrogen and oxygen atoms in total. The van der Waals surface area contributed by atoms with Gasteiger partial charge in [-0.05, 0) is 44.2 Å². The highest BCUT2D eigenvalue weighted by Crippen LogP contribution is 2.30. The van der Waals surface area contributed by atoms with Crippen LogP contribution in [0.3, 0.4) is 0 Å². The van der Waals surface area contributed by atoms with Gasteiger partial charge in [0.15, 0.2) is 0 Å². The van der Waals surface area contributed by atoms with Gasteiger partial charge in [0.2, 0.25) is 5.91 Å². The van der Waals surface area contributed by atoms with E-state index in [0.717, 1.165) is 32.5 Å². The minimum absolute atomic E-state index is 0.180. The van der Waals surface area contributed by atoms with Crippen molar-refractivity contribution in [3.05, 3.63) is 0 Å². The summed E-state index contributed by atoms with van der Waals surface area (Å²) < 4.78 is 5.09. The van der Waals surface area contributed by atoms with Crippen molar-refractivity contribution in [1.29, 1.82) is 0 Å². The third-order valence-electron chi connectivity index (χ3n) is 4.63. The molecule has 0 aromatic rings. The number of nitrogens with zero attached hydrogens (tertiary/aromatic N) is 1. The first-order chi connectivity index (χ1) is 9.82. The number of amides is 1. The van der Waals surface area contributed by atoms with Crippen molar-refractivity contribution in [3.63, 3.8) is 0 Å². The Labute approximate surface area is 127 Å². The summed E-state index contributed by atoms with van der Waals surface area (Å²) >= 11 is 0. The number of fused-ring (bicyclic) bond motifs is 3. The molecule has 3 rings (SSSR count). The molecule has 3 saturated heterocycles. The minimum Gasteiger partial charge on any atom is -0.465 e. The third-order valence-corrected chi connectivity index (χ3v) is 4.63. The summed E-state index contributed by atoms with van der Waals surface area (Å²) in [6, 6.07) is 0.180. The number of hydrogen-bond donors (Lipinski definition) is 1. The van der Waals surface area contributed by atoms with E-state index in [4.69, 9.17) is 4.74 Å². The second-order valence-corrected chi connectivity index (χ2v) is 7.30. The molecule has 21 heavy (non-hydrogen) atoms. The van der Waals surface area contributed by atoms with Crippen LogP contribution < -0.4 is 5.32 Å². The van der Waals surface area contributed by atoms with Gasteiger partial charge >= 0.3 is 5.97 Å². The fraction of sp³-hybridized carbons (Fsp3) is 0.875. The van der Waals surface area contributed by atoms with Gasteiger partial charge < -0.3 is 15.0 Å². The second-order valence-electron chi connectivity index (χ2n) is 7.30. The third kappa shape index (κ3) is 3.76. The molecule has 2 atom stereocenters. The molecule has 3 heterocycles. The van der Waals surface area contributed by atoms with Gasteiger partial charge in [-0.2, -0.15) is 0 Å². The van der Waals surface area contributed by atoms with Crippen molar-refractivity contribution in [2.75, 3.05) is 26.2 Å². The predicted octanol–water partition coefficient (Wildman–Crippen LogP) is 1.42. The Hall–Kier alpha value is -1.10. The van der Waals surface area contributed by atoms with Gasteiger partial charge in [0.05, 0.1) is 6.61 Å². The first-order valence-electron chi connectivity index (χ1n) is 8.02. The molecular formula is C16H28N2O3. The minimum atomic E-state index is -0.743. The molecule has 2 bridgehead atoms. The van der Waals surface area contributed by atoms with Gasteiger partial charge in [0, 0.05) is 12.6 Å². The lowest BCUT2D eigenvalue weighted by Gasteiger charge is -2.45. The number of nitrogens with one attached hydrogen (secondary N) is 1. The number of hydrogen-bond acceptors (Lipinski definition) is 4. The molecule has 0 aliphatic carbocycles. The molecule has 3 fully saturated rings. The van der Waals surface area contributed by atoms with Crippen molar-refractivity contribution in [1.82, 2.24) is 10.2 Å². The maximum absolute atomic E-state index is 12.6. The number of rotatable bonds is 4. The molecule has 0 saturated carbocycles. The van der Waals surface area contributed by atoms with Crippen LogP contribution in [0.15, 0.2) is 0 Å². The van der Waals surface area contributed by atoms with Gasteiger partial charge in [-0.1, -0.05) is 20.8 Å². The molecule has 3 aliphatic rings. The average molecular weight is 296 g/mol. The summed E-state index contributed by atoms with van der Waals surface area (Å²) in [6.45, 7) is 11.0. The number of piperidine rings is 3. The summed E-state index contributed by atoms with van der Waals surface area (Å²) in [6.07, 6.45) is 2.29. The zero-order valence-electron chi connectivity index (χ0n) is 13.6. The van der Waals surface area contributed by atoms with E-state index in [1.54, 1.807) is 6.92 Å². The fourth-order valence-corrected chi connectivity index (χ4v) is 3.47. The van der Waals surface area contributed by atoms with E-state index in [9.17, 15) is 9.59 Å². The standard InChI is InChI=1S/C16H28N2O3/c1-5-21-15(20)13(16(2,3)4)14(19)17-12-10-18-8-6-11(12)7-9-18/h11-13H,5-10H2,1-4H3,(H,17,19). The number of carbonyl (C=O) groups is 2. The van der Waals surface area contributed by atoms with Crippen molar-refractivity contribution < 1.29 is 14.3 Å². The fourth-order valence-electron chi connectivity index (χ4n) is 3.47. The van der Waals surface area contributed by atoms with E-state index in [-0.39, 0.29) is 11.9 Å². The smallest absolute Gasteiger partial charge is 0.319 e. The lowest BCUT2D eigenvalue weighted by Crippen LogP contribution is -2.59. The summed E-state index contributed by atoms with van der Waals surface area (Å²) in [5.41, 5.74) is -0.440. The zero-order valence-corrected chi connectivity index (χ0v) is 13.6. The Bertz CT molecular complexity index is 395. The Morgan fingerprint density at radius 1 is 1.29 bits per heavy atom. The van der Waals surface area contributed by atoms with Crippen LogP contribution in [-0.2, 0) is 14.3 Å². The van der Waals surface area contributed by atoms with Crippen LogP contribution in [-0.4, -0.2) is 49.1 Å². The first kappa shape index (κ1) is 16.3. The highest BCUT2D eigenvalue weighted by molar-refractivity contribution is 5.98. The summed E-state index contributed by atoms with van der Waals surface area (Å²) in [4.78, 5) is 27.1. The van der Waals surface area contributed by atoms with Crippen LogP contribution >= 0.6 is 0 Å². The van der Waals surface area contributed by atoms with Gasteiger partial charge in [0.25, 0.3) is 0 Å². The SMILES string of the molecule is CCOC(=O)C(C(=O)NC1CN2CCC1CC2)C(C)(C)C. The molecule has 0 radical (unpaired) electrons. The highest BCUT2D eigenvalue weighted by atomic mass is 16.5. The van der Waals surface area contributed by atoms with E-state index < -0.39 is 17.3 Å². The van der Waals surface area contributed by atoms with Crippen molar-refractivity contribution in [3.8, 4) is 0 Å². The first-order valence-corrected chi connectivity index (χ1v) is 8.02. The van der Waals surface area contributed by atoms with E-state index in [0.29, 0.717) is 12.5 Å². The Morgan fingerprint density at radius 3 is 2.33 bits per heavy atom. The molecule has 0 aromatic carbocycles. The molecule has 0 spiro atoms. The predicted molar refractivity (Wildman–Crippen MR) is 80.7 cm³/mol. The van der Waals surface area contributed by atoms with Crippen molar-refractivity contribution >= 4 is 11.9 Å². The van der Waals surface area contributed by atoms with Crippen LogP contribution in [0.4, 0.5) is 0 Å². The Kier molecular flexibility index (Phi) is 4.91. The van der Waals surface area contributed by atoms with Gasteiger partial charge in [0.1, 0.15) is 5.92 Å². The second kappa shape index (κ2) is 6.34. The molecule has 1 amide bonds. The topological polar surface area (TPSA) is 58.6 Å². The Morgan fingerprint density at radius 2 is 1.90 bits per heavy atom. The quantitative estimate of drug-likeness (QED) is 0.630. The summed E-state index contributed by atoms with van der Waals surface area (Å²) in [5.74, 6) is -0.779. The largest absolute Gasteiger partial charge is 0.465 e. The summed E-state index contributed by atoms with van der Waals surface area (Å²) in [5, 5.41) is 3.11. The average Bonchev–Trinajstić information content (AvgIpc) is 2.38. The summed E-state index contributed by atoms with van der Waals surface area (Å²) in [7, 11) is 0. The molecule has 5 heteroatoms. The van der Waals surface area contributed by atoms with Crippen molar-refractivity contribution in [2.45, 2.75) is 46.6 Å². The maximum atomic E-state index is 12.6. The van der Waals surface area contributed by atoms with Gasteiger partial charge in [-0.25, -0.2) is 0 Å². The maximum Gasteiger partial charge on any atom is 0.319 e. The van der Waals surface area contributed by atoms with Gasteiger partial charge in [-0.3, -0.25) is 9.59 Å². The molecule has 2 unspecified atom stereocenters. The van der Waals surface area contributed by atoms with Crippen LogP contribution in [0.25, 0.3) is 0 Å². The molecule has 0 aromatic heterocycles. The highest BCUT2D eigenvalue weighted by Gasteiger charge is 2.42. The monoisotopic (exact) mass is 296 g/mol. The normalized spacial score (nSPS) is 29.8. The lowest BCUT2D eigenvalue weighted by atomic mass is 9.79. The van der Waals surface area contributed by atoms with Crippen LogP contribution in [0.2, 0.25) is 0 Å². The number of esters is 1. The van der Waals surface area contributed by atoms with Crippen LogP contribution in [0.1, 0.15) is 40.5 Å². The van der Waals surface area contributed by atoms with E-state index in [1.165, 1.54) is 0 Å². The molecule has 120 valence electrons. The molecule has 3 aliphatic heterocycles.